The van der Waals surface area contributed by atoms with Crippen LogP contribution in [0.1, 0.15) is 25.7 Å². The van der Waals surface area contributed by atoms with Gasteiger partial charge in [-0.3, -0.25) is 4.90 Å². The van der Waals surface area contributed by atoms with Crippen LogP contribution in [0.25, 0.3) is 0 Å². The molecule has 0 aliphatic carbocycles. The average molecular weight is 193 g/mol. The van der Waals surface area contributed by atoms with Gasteiger partial charge in [-0.25, -0.2) is 0 Å². The Labute approximate surface area is 86.3 Å². The third-order valence-electron chi connectivity index (χ3n) is 4.20. The molecular weight excluding hydrogens is 174 g/mol. The highest BCUT2D eigenvalue weighted by molar-refractivity contribution is 5.15. The largest absolute Gasteiger partial charge is 0.300 e. The molecular formula is C11H19N3. The van der Waals surface area contributed by atoms with Crippen LogP contribution in [0.2, 0.25) is 0 Å². The normalized spacial score (nSPS) is 42.8. The Morgan fingerprint density at radius 3 is 2.14 bits per heavy atom. The second kappa shape index (κ2) is 3.22. The number of fused-ring (bicyclic) bond motifs is 2. The molecule has 0 amide bonds. The zero-order chi connectivity index (χ0) is 10.3. The zero-order valence-corrected chi connectivity index (χ0v) is 9.32. The SMILES string of the molecule is CN1C2CCC1CC(C#N)(N(C)C)C2. The van der Waals surface area contributed by atoms with Gasteiger partial charge in [0.05, 0.1) is 6.07 Å². The van der Waals surface area contributed by atoms with E-state index < -0.39 is 0 Å². The second-order valence-corrected chi connectivity index (χ2v) is 5.00. The van der Waals surface area contributed by atoms with Crippen LogP contribution in [-0.2, 0) is 0 Å². The van der Waals surface area contributed by atoms with Crippen molar-refractivity contribution in [3.8, 4) is 6.07 Å². The molecule has 2 bridgehead atoms. The lowest BCUT2D eigenvalue weighted by Crippen LogP contribution is -2.55. The summed E-state index contributed by atoms with van der Waals surface area (Å²) in [6.45, 7) is 0. The Morgan fingerprint density at radius 2 is 1.79 bits per heavy atom. The number of nitriles is 1. The van der Waals surface area contributed by atoms with E-state index in [0.29, 0.717) is 12.1 Å². The molecule has 2 aliphatic heterocycles. The van der Waals surface area contributed by atoms with E-state index in [1.165, 1.54) is 12.8 Å². The van der Waals surface area contributed by atoms with E-state index in [9.17, 15) is 5.26 Å². The third-order valence-corrected chi connectivity index (χ3v) is 4.20. The molecule has 0 saturated carbocycles. The predicted molar refractivity (Wildman–Crippen MR) is 55.8 cm³/mol. The molecule has 2 saturated heterocycles. The lowest BCUT2D eigenvalue weighted by Gasteiger charge is -2.44. The molecule has 2 fully saturated rings. The highest BCUT2D eigenvalue weighted by Crippen LogP contribution is 2.41. The molecule has 2 aliphatic rings. The van der Waals surface area contributed by atoms with Gasteiger partial charge in [-0.2, -0.15) is 5.26 Å². The maximum atomic E-state index is 9.35. The predicted octanol–water partition coefficient (Wildman–Crippen LogP) is 1.07. The quantitative estimate of drug-likeness (QED) is 0.624. The van der Waals surface area contributed by atoms with E-state index in [0.717, 1.165) is 12.8 Å². The Bertz CT molecular complexity index is 252. The van der Waals surface area contributed by atoms with E-state index in [4.69, 9.17) is 0 Å². The molecule has 2 rings (SSSR count). The average Bonchev–Trinajstić information content (AvgIpc) is 2.42. The summed E-state index contributed by atoms with van der Waals surface area (Å²) in [7, 11) is 6.28. The van der Waals surface area contributed by atoms with Crippen molar-refractivity contribution in [1.29, 1.82) is 5.26 Å². The molecule has 3 heteroatoms. The van der Waals surface area contributed by atoms with Crippen molar-refractivity contribution >= 4 is 0 Å². The van der Waals surface area contributed by atoms with Gasteiger partial charge in [-0.15, -0.1) is 0 Å². The first-order valence-corrected chi connectivity index (χ1v) is 5.40. The summed E-state index contributed by atoms with van der Waals surface area (Å²) >= 11 is 0. The standard InChI is InChI=1S/C11H19N3/c1-13(2)11(8-12)6-9-4-5-10(7-11)14(9)3/h9-10H,4-7H2,1-3H3. The molecule has 0 spiro atoms. The van der Waals surface area contributed by atoms with E-state index in [1.54, 1.807) is 0 Å². The minimum absolute atomic E-state index is 0.196. The van der Waals surface area contributed by atoms with Crippen molar-refractivity contribution < 1.29 is 0 Å². The monoisotopic (exact) mass is 193 g/mol. The molecule has 0 aromatic rings. The van der Waals surface area contributed by atoms with Gasteiger partial charge < -0.3 is 4.90 Å². The Morgan fingerprint density at radius 1 is 1.29 bits per heavy atom. The lowest BCUT2D eigenvalue weighted by atomic mass is 9.83. The van der Waals surface area contributed by atoms with Crippen LogP contribution >= 0.6 is 0 Å². The first-order valence-electron chi connectivity index (χ1n) is 5.40. The van der Waals surface area contributed by atoms with Crippen molar-refractivity contribution in [1.82, 2.24) is 9.80 Å². The summed E-state index contributed by atoms with van der Waals surface area (Å²) in [4.78, 5) is 4.59. The molecule has 0 radical (unpaired) electrons. The zero-order valence-electron chi connectivity index (χ0n) is 9.32. The summed E-state index contributed by atoms with van der Waals surface area (Å²) in [6, 6.07) is 3.81. The van der Waals surface area contributed by atoms with Gasteiger partial charge in [0.25, 0.3) is 0 Å². The van der Waals surface area contributed by atoms with Crippen molar-refractivity contribution in [2.75, 3.05) is 21.1 Å². The summed E-state index contributed by atoms with van der Waals surface area (Å²) in [6.07, 6.45) is 4.59. The molecule has 78 valence electrons. The van der Waals surface area contributed by atoms with Crippen molar-refractivity contribution in [2.45, 2.75) is 43.3 Å². The smallest absolute Gasteiger partial charge is 0.111 e. The number of hydrogen-bond acceptors (Lipinski definition) is 3. The topological polar surface area (TPSA) is 30.3 Å². The first-order chi connectivity index (χ1) is 6.59. The van der Waals surface area contributed by atoms with E-state index in [-0.39, 0.29) is 5.54 Å². The van der Waals surface area contributed by atoms with Gasteiger partial charge in [-0.05, 0) is 46.8 Å². The Hall–Kier alpha value is -0.590. The molecule has 0 aromatic carbocycles. The van der Waals surface area contributed by atoms with Crippen LogP contribution in [0.5, 0.6) is 0 Å². The van der Waals surface area contributed by atoms with Crippen LogP contribution in [0, 0.1) is 11.3 Å². The number of rotatable bonds is 1. The fraction of sp³-hybridized carbons (Fsp3) is 0.909. The molecule has 0 N–H and O–H groups in total. The highest BCUT2D eigenvalue weighted by Gasteiger charge is 2.48. The molecule has 2 unspecified atom stereocenters. The lowest BCUT2D eigenvalue weighted by molar-refractivity contribution is 0.0619. The summed E-state index contributed by atoms with van der Waals surface area (Å²) in [5.74, 6) is 0. The van der Waals surface area contributed by atoms with E-state index in [1.807, 2.05) is 14.1 Å². The molecule has 0 aromatic heterocycles. The fourth-order valence-electron chi connectivity index (χ4n) is 3.00. The maximum absolute atomic E-state index is 9.35. The number of hydrogen-bond donors (Lipinski definition) is 0. The van der Waals surface area contributed by atoms with Crippen LogP contribution in [-0.4, -0.2) is 48.6 Å². The molecule has 2 atom stereocenters. The van der Waals surface area contributed by atoms with Gasteiger partial charge in [0.15, 0.2) is 0 Å². The second-order valence-electron chi connectivity index (χ2n) is 5.00. The minimum Gasteiger partial charge on any atom is -0.300 e. The Kier molecular flexibility index (Phi) is 2.29. The third kappa shape index (κ3) is 1.25. The van der Waals surface area contributed by atoms with E-state index in [2.05, 4.69) is 22.9 Å². The van der Waals surface area contributed by atoms with Crippen molar-refractivity contribution in [3.05, 3.63) is 0 Å². The van der Waals surface area contributed by atoms with Gasteiger partial charge in [0.1, 0.15) is 5.54 Å². The van der Waals surface area contributed by atoms with Crippen LogP contribution in [0.15, 0.2) is 0 Å². The van der Waals surface area contributed by atoms with Crippen LogP contribution < -0.4 is 0 Å². The van der Waals surface area contributed by atoms with E-state index >= 15 is 0 Å². The molecule has 2 heterocycles. The molecule has 3 nitrogen and oxygen atoms in total. The van der Waals surface area contributed by atoms with Gasteiger partial charge in [0.2, 0.25) is 0 Å². The van der Waals surface area contributed by atoms with Crippen molar-refractivity contribution in [3.63, 3.8) is 0 Å². The molecule has 14 heavy (non-hydrogen) atoms. The number of nitrogens with zero attached hydrogens (tertiary/aromatic N) is 3. The van der Waals surface area contributed by atoms with Crippen LogP contribution in [0.3, 0.4) is 0 Å². The maximum Gasteiger partial charge on any atom is 0.111 e. The number of piperidine rings is 1. The highest BCUT2D eigenvalue weighted by atomic mass is 15.2. The van der Waals surface area contributed by atoms with Gasteiger partial charge >= 0.3 is 0 Å². The minimum atomic E-state index is -0.196. The summed E-state index contributed by atoms with van der Waals surface area (Å²) < 4.78 is 0. The van der Waals surface area contributed by atoms with Crippen molar-refractivity contribution in [2.24, 2.45) is 0 Å². The first kappa shape index (κ1) is 9.95. The van der Waals surface area contributed by atoms with Gasteiger partial charge in [-0.1, -0.05) is 0 Å². The fourth-order valence-corrected chi connectivity index (χ4v) is 3.00. The van der Waals surface area contributed by atoms with Crippen LogP contribution in [0.4, 0.5) is 0 Å². The summed E-state index contributed by atoms with van der Waals surface area (Å²) in [5.41, 5.74) is -0.196. The summed E-state index contributed by atoms with van der Waals surface area (Å²) in [5, 5.41) is 9.35. The Balaban J connectivity index is 2.23. The van der Waals surface area contributed by atoms with Gasteiger partial charge in [0, 0.05) is 12.1 Å².